The minimum atomic E-state index is -0.0772. The Labute approximate surface area is 126 Å². The van der Waals surface area contributed by atoms with Gasteiger partial charge >= 0.3 is 0 Å². The molecule has 1 aromatic rings. The number of rotatable bonds is 4. The molecule has 114 valence electrons. The molecule has 1 saturated carbocycles. The van der Waals surface area contributed by atoms with Gasteiger partial charge in [-0.05, 0) is 55.7 Å². The molecule has 2 aliphatic rings. The first-order valence-electron chi connectivity index (χ1n) is 7.85. The van der Waals surface area contributed by atoms with Crippen molar-refractivity contribution in [3.8, 4) is 0 Å². The molecule has 4 nitrogen and oxygen atoms in total. The SMILES string of the molecule is COC1(CC(N)c2ccc3c(c2)C(=O)NCCC3)CCC1. The van der Waals surface area contributed by atoms with Crippen LogP contribution in [0, 0.1) is 0 Å². The van der Waals surface area contributed by atoms with Gasteiger partial charge in [0.2, 0.25) is 0 Å². The molecule has 0 saturated heterocycles. The van der Waals surface area contributed by atoms with Crippen molar-refractivity contribution in [3.05, 3.63) is 34.9 Å². The van der Waals surface area contributed by atoms with Crippen molar-refractivity contribution < 1.29 is 9.53 Å². The van der Waals surface area contributed by atoms with Crippen LogP contribution in [0.2, 0.25) is 0 Å². The zero-order chi connectivity index (χ0) is 14.9. The first-order valence-corrected chi connectivity index (χ1v) is 7.85. The smallest absolute Gasteiger partial charge is 0.251 e. The Balaban J connectivity index is 1.81. The van der Waals surface area contributed by atoms with Gasteiger partial charge in [0.25, 0.3) is 5.91 Å². The number of nitrogens with one attached hydrogen (secondary N) is 1. The Morgan fingerprint density at radius 1 is 1.38 bits per heavy atom. The first kappa shape index (κ1) is 14.5. The average Bonchev–Trinajstić information content (AvgIpc) is 2.64. The van der Waals surface area contributed by atoms with Gasteiger partial charge in [0.15, 0.2) is 0 Å². The summed E-state index contributed by atoms with van der Waals surface area (Å²) in [5.74, 6) is 0.0293. The zero-order valence-corrected chi connectivity index (χ0v) is 12.7. The summed E-state index contributed by atoms with van der Waals surface area (Å²) < 4.78 is 5.66. The maximum atomic E-state index is 12.1. The Kier molecular flexibility index (Phi) is 4.00. The van der Waals surface area contributed by atoms with Gasteiger partial charge in [0.05, 0.1) is 5.60 Å². The van der Waals surface area contributed by atoms with E-state index in [1.807, 2.05) is 6.07 Å². The van der Waals surface area contributed by atoms with Gasteiger partial charge in [0, 0.05) is 25.3 Å². The normalized spacial score (nSPS) is 21.7. The van der Waals surface area contributed by atoms with Crippen LogP contribution in [-0.4, -0.2) is 25.2 Å². The van der Waals surface area contributed by atoms with Gasteiger partial charge in [-0.25, -0.2) is 0 Å². The second-order valence-electron chi connectivity index (χ2n) is 6.33. The molecule has 4 heteroatoms. The largest absolute Gasteiger partial charge is 0.378 e. The van der Waals surface area contributed by atoms with Crippen molar-refractivity contribution >= 4 is 5.91 Å². The van der Waals surface area contributed by atoms with Gasteiger partial charge in [-0.3, -0.25) is 4.79 Å². The fourth-order valence-electron chi connectivity index (χ4n) is 3.41. The summed E-state index contributed by atoms with van der Waals surface area (Å²) in [5, 5.41) is 2.94. The lowest BCUT2D eigenvalue weighted by atomic mass is 9.74. The highest BCUT2D eigenvalue weighted by Gasteiger charge is 2.38. The second kappa shape index (κ2) is 5.78. The summed E-state index contributed by atoms with van der Waals surface area (Å²) in [6, 6.07) is 6.04. The summed E-state index contributed by atoms with van der Waals surface area (Å²) in [6.45, 7) is 0.752. The zero-order valence-electron chi connectivity index (χ0n) is 12.7. The maximum absolute atomic E-state index is 12.1. The van der Waals surface area contributed by atoms with E-state index in [2.05, 4.69) is 17.4 Å². The molecule has 0 bridgehead atoms. The molecular formula is C17H24N2O2. The molecule has 1 atom stereocenters. The van der Waals surface area contributed by atoms with Crippen molar-refractivity contribution in [1.29, 1.82) is 0 Å². The lowest BCUT2D eigenvalue weighted by molar-refractivity contribution is -0.0816. The summed E-state index contributed by atoms with van der Waals surface area (Å²) in [7, 11) is 1.77. The molecule has 1 heterocycles. The fraction of sp³-hybridized carbons (Fsp3) is 0.588. The third kappa shape index (κ3) is 2.83. The highest BCUT2D eigenvalue weighted by atomic mass is 16.5. The molecule has 0 spiro atoms. The third-order valence-electron chi connectivity index (χ3n) is 5.00. The molecule has 0 aromatic heterocycles. The van der Waals surface area contributed by atoms with Crippen molar-refractivity contribution in [1.82, 2.24) is 5.32 Å². The van der Waals surface area contributed by atoms with Crippen molar-refractivity contribution in [2.75, 3.05) is 13.7 Å². The lowest BCUT2D eigenvalue weighted by Gasteiger charge is -2.42. The summed E-state index contributed by atoms with van der Waals surface area (Å²) in [5.41, 5.74) is 9.28. The summed E-state index contributed by atoms with van der Waals surface area (Å²) in [4.78, 5) is 12.1. The molecule has 0 radical (unpaired) electrons. The molecule has 1 aromatic carbocycles. The predicted molar refractivity (Wildman–Crippen MR) is 82.2 cm³/mol. The van der Waals surface area contributed by atoms with E-state index < -0.39 is 0 Å². The van der Waals surface area contributed by atoms with E-state index in [1.165, 1.54) is 6.42 Å². The Bertz CT molecular complexity index is 532. The molecule has 21 heavy (non-hydrogen) atoms. The van der Waals surface area contributed by atoms with E-state index in [9.17, 15) is 4.79 Å². The average molecular weight is 288 g/mol. The van der Waals surface area contributed by atoms with Crippen LogP contribution in [0.3, 0.4) is 0 Å². The second-order valence-corrected chi connectivity index (χ2v) is 6.33. The van der Waals surface area contributed by atoms with E-state index in [4.69, 9.17) is 10.5 Å². The first-order chi connectivity index (χ1) is 10.1. The van der Waals surface area contributed by atoms with Crippen molar-refractivity contribution in [3.63, 3.8) is 0 Å². The monoisotopic (exact) mass is 288 g/mol. The van der Waals surface area contributed by atoms with E-state index in [0.717, 1.165) is 55.3 Å². The number of nitrogens with two attached hydrogens (primary N) is 1. The number of fused-ring (bicyclic) bond motifs is 1. The number of carbonyl (C=O) groups is 1. The van der Waals surface area contributed by atoms with E-state index in [0.29, 0.717) is 0 Å². The van der Waals surface area contributed by atoms with Crippen LogP contribution < -0.4 is 11.1 Å². The standard InChI is InChI=1S/C17H24N2O2/c1-21-17(7-3-8-17)11-15(18)13-6-5-12-4-2-9-19-16(20)14(12)10-13/h5-6,10,15H,2-4,7-9,11,18H2,1H3,(H,19,20). The van der Waals surface area contributed by atoms with Gasteiger partial charge < -0.3 is 15.8 Å². The molecular weight excluding hydrogens is 264 g/mol. The number of ether oxygens (including phenoxy) is 1. The molecule has 1 unspecified atom stereocenters. The lowest BCUT2D eigenvalue weighted by Crippen LogP contribution is -2.41. The number of aryl methyl sites for hydroxylation is 1. The van der Waals surface area contributed by atoms with Gasteiger partial charge in [-0.15, -0.1) is 0 Å². The Morgan fingerprint density at radius 2 is 2.19 bits per heavy atom. The molecule has 1 aliphatic carbocycles. The van der Waals surface area contributed by atoms with E-state index in [1.54, 1.807) is 7.11 Å². The number of benzene rings is 1. The summed E-state index contributed by atoms with van der Waals surface area (Å²) >= 11 is 0. The number of carbonyl (C=O) groups excluding carboxylic acids is 1. The minimum Gasteiger partial charge on any atom is -0.378 e. The van der Waals surface area contributed by atoms with Gasteiger partial charge in [-0.1, -0.05) is 12.1 Å². The number of amides is 1. The van der Waals surface area contributed by atoms with Crippen LogP contribution in [-0.2, 0) is 11.2 Å². The van der Waals surface area contributed by atoms with Crippen molar-refractivity contribution in [2.45, 2.75) is 50.2 Å². The maximum Gasteiger partial charge on any atom is 0.251 e. The van der Waals surface area contributed by atoms with Crippen LogP contribution in [0.25, 0.3) is 0 Å². The van der Waals surface area contributed by atoms with E-state index in [-0.39, 0.29) is 17.6 Å². The number of methoxy groups -OCH3 is 1. The third-order valence-corrected chi connectivity index (χ3v) is 5.00. The Hall–Kier alpha value is -1.39. The van der Waals surface area contributed by atoms with Gasteiger partial charge in [0.1, 0.15) is 0 Å². The fourth-order valence-corrected chi connectivity index (χ4v) is 3.41. The summed E-state index contributed by atoms with van der Waals surface area (Å²) in [6.07, 6.45) is 6.16. The van der Waals surface area contributed by atoms with Crippen LogP contribution in [0.5, 0.6) is 0 Å². The Morgan fingerprint density at radius 3 is 2.86 bits per heavy atom. The highest BCUT2D eigenvalue weighted by molar-refractivity contribution is 5.96. The van der Waals surface area contributed by atoms with Crippen molar-refractivity contribution in [2.24, 2.45) is 5.73 Å². The minimum absolute atomic E-state index is 0.0293. The quantitative estimate of drug-likeness (QED) is 0.893. The molecule has 3 N–H and O–H groups in total. The topological polar surface area (TPSA) is 64.3 Å². The van der Waals surface area contributed by atoms with Crippen LogP contribution in [0.4, 0.5) is 0 Å². The molecule has 1 fully saturated rings. The van der Waals surface area contributed by atoms with Crippen LogP contribution in [0.15, 0.2) is 18.2 Å². The number of hydrogen-bond donors (Lipinski definition) is 2. The molecule has 3 rings (SSSR count). The van der Waals surface area contributed by atoms with Crippen LogP contribution in [0.1, 0.15) is 59.6 Å². The highest BCUT2D eigenvalue weighted by Crippen LogP contribution is 2.41. The predicted octanol–water partition coefficient (Wildman–Crippen LogP) is 2.32. The van der Waals surface area contributed by atoms with E-state index >= 15 is 0 Å². The van der Waals surface area contributed by atoms with Crippen LogP contribution >= 0.6 is 0 Å². The molecule has 1 aliphatic heterocycles. The number of hydrogen-bond acceptors (Lipinski definition) is 3. The van der Waals surface area contributed by atoms with Gasteiger partial charge in [-0.2, -0.15) is 0 Å². The molecule has 1 amide bonds.